The van der Waals surface area contributed by atoms with Crippen molar-refractivity contribution < 1.29 is 34.2 Å². The van der Waals surface area contributed by atoms with Gasteiger partial charge in [0.2, 0.25) is 5.91 Å². The molecule has 1 aliphatic heterocycles. The number of ether oxygens (including phenoxy) is 1. The minimum Gasteiger partial charge on any atom is -0.480 e. The fourth-order valence-electron chi connectivity index (χ4n) is 4.40. The molecular weight excluding hydrogens is 526 g/mol. The molecule has 2 N–H and O–H groups in total. The van der Waals surface area contributed by atoms with Gasteiger partial charge in [-0.3, -0.25) is 14.9 Å². The third kappa shape index (κ3) is 9.25. The number of nitrogens with zero attached hydrogens (tertiary/aromatic N) is 2. The predicted molar refractivity (Wildman–Crippen MR) is 144 cm³/mol. The Hall–Kier alpha value is -3.64. The number of aliphatic carboxylic acids is 1. The maximum Gasteiger partial charge on any atom is 0.326 e. The zero-order valence-corrected chi connectivity index (χ0v) is 22.5. The lowest BCUT2D eigenvalue weighted by Gasteiger charge is -2.36. The molecule has 12 heteroatoms. The zero-order valence-electron chi connectivity index (χ0n) is 21.7. The first kappa shape index (κ1) is 29.9. The van der Waals surface area contributed by atoms with E-state index in [0.29, 0.717) is 24.3 Å². The van der Waals surface area contributed by atoms with Crippen molar-refractivity contribution in [3.8, 4) is 0 Å². The quantitative estimate of drug-likeness (QED) is 0.144. The number of hydrogen-bond donors (Lipinski definition) is 2. The molecule has 2 aromatic carbocycles. The first-order chi connectivity index (χ1) is 18.8. The number of carbonyl (C=O) groups excluding carboxylic acids is 2. The Kier molecular flexibility index (Phi) is 11.6. The van der Waals surface area contributed by atoms with Crippen molar-refractivity contribution in [1.29, 1.82) is 0 Å². The SMILES string of the molecule is CC(NC(CCc1ccccc1)C(=O)OCCSCCO[N+](=O)[O-])C(=O)N1Cc2ccccc2CC1C(=O)O. The van der Waals surface area contributed by atoms with Crippen molar-refractivity contribution in [1.82, 2.24) is 10.2 Å². The number of carbonyl (C=O) groups is 3. The molecule has 39 heavy (non-hydrogen) atoms. The van der Waals surface area contributed by atoms with Crippen molar-refractivity contribution in [3.63, 3.8) is 0 Å². The second-order valence-electron chi connectivity index (χ2n) is 9.09. The van der Waals surface area contributed by atoms with Crippen molar-refractivity contribution in [2.45, 2.75) is 50.9 Å². The van der Waals surface area contributed by atoms with Crippen molar-refractivity contribution in [2.24, 2.45) is 0 Å². The van der Waals surface area contributed by atoms with Gasteiger partial charge in [0.1, 0.15) is 25.3 Å². The number of amides is 1. The highest BCUT2D eigenvalue weighted by Gasteiger charge is 2.37. The summed E-state index contributed by atoms with van der Waals surface area (Å²) in [6, 6.07) is 14.4. The van der Waals surface area contributed by atoms with Crippen LogP contribution in [0, 0.1) is 10.1 Å². The van der Waals surface area contributed by atoms with Crippen LogP contribution >= 0.6 is 11.8 Å². The third-order valence-corrected chi connectivity index (χ3v) is 7.29. The van der Waals surface area contributed by atoms with E-state index in [-0.39, 0.29) is 26.2 Å². The molecule has 1 amide bonds. The molecule has 3 rings (SSSR count). The summed E-state index contributed by atoms with van der Waals surface area (Å²) in [4.78, 5) is 54.2. The van der Waals surface area contributed by atoms with Gasteiger partial charge in [-0.05, 0) is 36.5 Å². The number of esters is 1. The third-order valence-electron chi connectivity index (χ3n) is 6.38. The summed E-state index contributed by atoms with van der Waals surface area (Å²) < 4.78 is 5.44. The molecule has 0 aromatic heterocycles. The largest absolute Gasteiger partial charge is 0.480 e. The monoisotopic (exact) mass is 559 g/mol. The van der Waals surface area contributed by atoms with Gasteiger partial charge >= 0.3 is 11.9 Å². The summed E-state index contributed by atoms with van der Waals surface area (Å²) in [7, 11) is 0. The van der Waals surface area contributed by atoms with E-state index in [1.165, 1.54) is 16.7 Å². The highest BCUT2D eigenvalue weighted by atomic mass is 32.2. The van der Waals surface area contributed by atoms with Crippen LogP contribution in [0.15, 0.2) is 54.6 Å². The zero-order chi connectivity index (χ0) is 28.2. The maximum absolute atomic E-state index is 13.4. The Morgan fingerprint density at radius 2 is 1.77 bits per heavy atom. The van der Waals surface area contributed by atoms with E-state index in [9.17, 15) is 29.6 Å². The van der Waals surface area contributed by atoms with Crippen LogP contribution in [0.5, 0.6) is 0 Å². The highest BCUT2D eigenvalue weighted by Crippen LogP contribution is 2.24. The number of hydrogen-bond acceptors (Lipinski definition) is 9. The Bertz CT molecular complexity index is 1130. The van der Waals surface area contributed by atoms with Crippen molar-refractivity contribution in [2.75, 3.05) is 24.7 Å². The summed E-state index contributed by atoms with van der Waals surface area (Å²) in [5, 5.41) is 22.2. The van der Waals surface area contributed by atoms with Gasteiger partial charge in [0.05, 0.1) is 6.04 Å². The molecule has 0 saturated heterocycles. The molecule has 3 unspecified atom stereocenters. The van der Waals surface area contributed by atoms with Crippen LogP contribution in [-0.4, -0.2) is 75.8 Å². The van der Waals surface area contributed by atoms with Gasteiger partial charge in [-0.2, -0.15) is 11.8 Å². The number of carboxylic acid groups (broad SMARTS) is 1. The fourth-order valence-corrected chi connectivity index (χ4v) is 4.99. The summed E-state index contributed by atoms with van der Waals surface area (Å²) in [5.41, 5.74) is 2.83. The van der Waals surface area contributed by atoms with Crippen molar-refractivity contribution in [3.05, 3.63) is 81.4 Å². The predicted octanol–water partition coefficient (Wildman–Crippen LogP) is 2.49. The number of carboxylic acids is 1. The lowest BCUT2D eigenvalue weighted by Crippen LogP contribution is -2.56. The molecule has 1 aliphatic rings. The van der Waals surface area contributed by atoms with Crippen LogP contribution < -0.4 is 5.32 Å². The topological polar surface area (TPSA) is 148 Å². The van der Waals surface area contributed by atoms with Crippen LogP contribution in [0.1, 0.15) is 30.0 Å². The lowest BCUT2D eigenvalue weighted by molar-refractivity contribution is -0.756. The molecular formula is C27H33N3O8S. The number of rotatable bonds is 15. The van der Waals surface area contributed by atoms with Gasteiger partial charge in [0.25, 0.3) is 5.09 Å². The van der Waals surface area contributed by atoms with Gasteiger partial charge in [-0.25, -0.2) is 4.79 Å². The van der Waals surface area contributed by atoms with E-state index in [0.717, 1.165) is 16.7 Å². The lowest BCUT2D eigenvalue weighted by atomic mass is 9.93. The molecule has 210 valence electrons. The molecule has 0 saturated carbocycles. The van der Waals surface area contributed by atoms with E-state index in [4.69, 9.17) is 4.74 Å². The fraction of sp³-hybridized carbons (Fsp3) is 0.444. The standard InChI is InChI=1S/C27H33N3O8S/c1-19(25(31)29-18-22-10-6-5-9-21(22)17-24(29)26(32)33)28-23(12-11-20-7-3-2-4-8-20)27(34)37-13-15-39-16-14-38-30(35)36/h2-10,19,23-24,28H,11-18H2,1H3,(H,32,33). The van der Waals surface area contributed by atoms with Crippen LogP contribution in [0.3, 0.4) is 0 Å². The van der Waals surface area contributed by atoms with Gasteiger partial charge in [0, 0.05) is 24.5 Å². The van der Waals surface area contributed by atoms with Crippen LogP contribution in [-0.2, 0) is 43.3 Å². The summed E-state index contributed by atoms with van der Waals surface area (Å²) in [6.45, 7) is 1.84. The first-order valence-corrected chi connectivity index (χ1v) is 13.8. The summed E-state index contributed by atoms with van der Waals surface area (Å²) in [5.74, 6) is -1.20. The van der Waals surface area contributed by atoms with Gasteiger partial charge in [-0.15, -0.1) is 10.1 Å². The number of fused-ring (bicyclic) bond motifs is 1. The van der Waals surface area contributed by atoms with E-state index in [1.807, 2.05) is 54.6 Å². The molecule has 0 bridgehead atoms. The maximum atomic E-state index is 13.4. The second-order valence-corrected chi connectivity index (χ2v) is 10.3. The number of thioether (sulfide) groups is 1. The average molecular weight is 560 g/mol. The Morgan fingerprint density at radius 3 is 2.46 bits per heavy atom. The molecule has 0 fully saturated rings. The van der Waals surface area contributed by atoms with Crippen LogP contribution in [0.25, 0.3) is 0 Å². The minimum atomic E-state index is -1.08. The van der Waals surface area contributed by atoms with Gasteiger partial charge in [0.15, 0.2) is 0 Å². The summed E-state index contributed by atoms with van der Waals surface area (Å²) in [6.07, 6.45) is 1.15. The first-order valence-electron chi connectivity index (χ1n) is 12.7. The smallest absolute Gasteiger partial charge is 0.326 e. The van der Waals surface area contributed by atoms with E-state index < -0.39 is 41.1 Å². The highest BCUT2D eigenvalue weighted by molar-refractivity contribution is 7.99. The van der Waals surface area contributed by atoms with Gasteiger partial charge < -0.3 is 19.6 Å². The number of aryl methyl sites for hydroxylation is 1. The van der Waals surface area contributed by atoms with E-state index in [1.54, 1.807) is 6.92 Å². The number of nitrogens with one attached hydrogen (secondary N) is 1. The second kappa shape index (κ2) is 15.1. The van der Waals surface area contributed by atoms with Crippen molar-refractivity contribution >= 4 is 29.6 Å². The Labute approximate surface area is 231 Å². The molecule has 2 aromatic rings. The Morgan fingerprint density at radius 1 is 1.10 bits per heavy atom. The minimum absolute atomic E-state index is 0.0508. The number of benzene rings is 2. The molecule has 11 nitrogen and oxygen atoms in total. The average Bonchev–Trinajstić information content (AvgIpc) is 2.93. The van der Waals surface area contributed by atoms with Crippen LogP contribution in [0.4, 0.5) is 0 Å². The molecule has 0 spiro atoms. The van der Waals surface area contributed by atoms with Crippen LogP contribution in [0.2, 0.25) is 0 Å². The normalized spacial score (nSPS) is 16.0. The summed E-state index contributed by atoms with van der Waals surface area (Å²) >= 11 is 1.35. The molecule has 1 heterocycles. The molecule has 0 aliphatic carbocycles. The van der Waals surface area contributed by atoms with Gasteiger partial charge in [-0.1, -0.05) is 54.6 Å². The Balaban J connectivity index is 1.62. The molecule has 0 radical (unpaired) electrons. The van der Waals surface area contributed by atoms with E-state index in [2.05, 4.69) is 10.2 Å². The van der Waals surface area contributed by atoms with E-state index >= 15 is 0 Å². The molecule has 3 atom stereocenters.